The molecule has 1 aromatic rings. The molecule has 0 aliphatic rings. The van der Waals surface area contributed by atoms with Gasteiger partial charge in [-0.2, -0.15) is 0 Å². The Bertz CT molecular complexity index is 534. The van der Waals surface area contributed by atoms with Gasteiger partial charge in [-0.1, -0.05) is 107 Å². The molecule has 0 fully saturated rings. The summed E-state index contributed by atoms with van der Waals surface area (Å²) in [5.41, 5.74) is 1.65. The summed E-state index contributed by atoms with van der Waals surface area (Å²) >= 11 is 12.6. The Morgan fingerprint density at radius 3 is 1.79 bits per heavy atom. The lowest BCUT2D eigenvalue weighted by molar-refractivity contribution is 0.110. The highest BCUT2D eigenvalue weighted by atomic mass is 35.5. The van der Waals surface area contributed by atoms with Gasteiger partial charge in [0.1, 0.15) is 0 Å². The highest BCUT2D eigenvalue weighted by Crippen LogP contribution is 2.31. The maximum atomic E-state index is 10.9. The lowest BCUT2D eigenvalue weighted by Crippen LogP contribution is -2.31. The van der Waals surface area contributed by atoms with Crippen molar-refractivity contribution in [3.05, 3.63) is 33.3 Å². The summed E-state index contributed by atoms with van der Waals surface area (Å²) in [4.78, 5) is 2.44. The molecule has 2 nitrogen and oxygen atoms in total. The van der Waals surface area contributed by atoms with Crippen molar-refractivity contribution in [3.63, 3.8) is 0 Å². The number of aliphatic hydroxyl groups excluding tert-OH is 1. The number of aliphatic hydroxyl groups is 1. The molecule has 29 heavy (non-hydrogen) atoms. The van der Waals surface area contributed by atoms with Crippen LogP contribution in [0.1, 0.15) is 108 Å². The summed E-state index contributed by atoms with van der Waals surface area (Å²) < 4.78 is 0. The molecule has 0 aromatic heterocycles. The topological polar surface area (TPSA) is 23.5 Å². The molecule has 0 aliphatic heterocycles. The standard InChI is InChI=1S/C25H43Cl2NO/c1-4-6-8-10-12-14-18-28(19-15-13-11-9-7-5-2)20-24(29)22-16-17-23(26)21(3)25(22)27/h16-17,24,29H,4-15,18-20H2,1-3H3/t24-/m0/s1. The Balaban J connectivity index is 2.55. The van der Waals surface area contributed by atoms with Crippen LogP contribution in [-0.2, 0) is 0 Å². The fourth-order valence-corrected chi connectivity index (χ4v) is 4.31. The van der Waals surface area contributed by atoms with Gasteiger partial charge in [-0.15, -0.1) is 0 Å². The van der Waals surface area contributed by atoms with Crippen LogP contribution in [0.4, 0.5) is 0 Å². The van der Waals surface area contributed by atoms with Gasteiger partial charge in [0.2, 0.25) is 0 Å². The Morgan fingerprint density at radius 1 is 0.793 bits per heavy atom. The van der Waals surface area contributed by atoms with Gasteiger partial charge in [0.15, 0.2) is 0 Å². The molecule has 1 atom stereocenters. The number of halogens is 2. The first-order chi connectivity index (χ1) is 14.0. The van der Waals surface area contributed by atoms with Crippen LogP contribution in [0.5, 0.6) is 0 Å². The number of nitrogens with zero attached hydrogens (tertiary/aromatic N) is 1. The Kier molecular flexibility index (Phi) is 15.1. The van der Waals surface area contributed by atoms with Crippen LogP contribution >= 0.6 is 23.2 Å². The Labute approximate surface area is 190 Å². The fraction of sp³-hybridized carbons (Fsp3) is 0.760. The van der Waals surface area contributed by atoms with Gasteiger partial charge in [-0.25, -0.2) is 0 Å². The van der Waals surface area contributed by atoms with E-state index in [-0.39, 0.29) is 0 Å². The molecule has 1 aromatic carbocycles. The third-order valence-electron chi connectivity index (χ3n) is 5.80. The van der Waals surface area contributed by atoms with Gasteiger partial charge in [-0.3, -0.25) is 0 Å². The van der Waals surface area contributed by atoms with E-state index in [1.54, 1.807) is 0 Å². The summed E-state index contributed by atoms with van der Waals surface area (Å²) in [6.45, 7) is 9.18. The van der Waals surface area contributed by atoms with Crippen molar-refractivity contribution in [1.29, 1.82) is 0 Å². The van der Waals surface area contributed by atoms with Crippen LogP contribution in [0, 0.1) is 6.92 Å². The van der Waals surface area contributed by atoms with Crippen molar-refractivity contribution in [1.82, 2.24) is 4.90 Å². The molecule has 168 valence electrons. The summed E-state index contributed by atoms with van der Waals surface area (Å²) in [7, 11) is 0. The number of hydrogen-bond acceptors (Lipinski definition) is 2. The highest BCUT2D eigenvalue weighted by molar-refractivity contribution is 6.36. The third kappa shape index (κ3) is 11.1. The summed E-state index contributed by atoms with van der Waals surface area (Å²) in [5.74, 6) is 0. The van der Waals surface area contributed by atoms with E-state index in [0.29, 0.717) is 16.6 Å². The number of unbranched alkanes of at least 4 members (excludes halogenated alkanes) is 10. The minimum Gasteiger partial charge on any atom is -0.387 e. The van der Waals surface area contributed by atoms with Crippen LogP contribution in [0.3, 0.4) is 0 Å². The second-order valence-electron chi connectivity index (χ2n) is 8.43. The first-order valence-corrected chi connectivity index (χ1v) is 12.6. The van der Waals surface area contributed by atoms with Crippen molar-refractivity contribution >= 4 is 23.2 Å². The van der Waals surface area contributed by atoms with E-state index in [1.807, 2.05) is 19.1 Å². The van der Waals surface area contributed by atoms with Crippen LogP contribution in [0.25, 0.3) is 0 Å². The average molecular weight is 445 g/mol. The maximum absolute atomic E-state index is 10.9. The molecule has 0 saturated heterocycles. The summed E-state index contributed by atoms with van der Waals surface area (Å²) in [6, 6.07) is 3.71. The van der Waals surface area contributed by atoms with Gasteiger partial charge < -0.3 is 10.0 Å². The van der Waals surface area contributed by atoms with E-state index in [9.17, 15) is 5.11 Å². The lowest BCUT2D eigenvalue weighted by Gasteiger charge is -2.26. The summed E-state index contributed by atoms with van der Waals surface area (Å²) in [6.07, 6.45) is 15.0. The molecule has 1 rings (SSSR count). The van der Waals surface area contributed by atoms with Gasteiger partial charge in [-0.05, 0) is 44.5 Å². The molecule has 0 spiro atoms. The van der Waals surface area contributed by atoms with Crippen molar-refractivity contribution in [2.45, 2.75) is 104 Å². The van der Waals surface area contributed by atoms with Gasteiger partial charge in [0.25, 0.3) is 0 Å². The second-order valence-corrected chi connectivity index (χ2v) is 9.21. The van der Waals surface area contributed by atoms with E-state index < -0.39 is 6.10 Å². The van der Waals surface area contributed by atoms with Crippen molar-refractivity contribution in [2.24, 2.45) is 0 Å². The zero-order valence-electron chi connectivity index (χ0n) is 19.0. The highest BCUT2D eigenvalue weighted by Gasteiger charge is 2.18. The number of hydrogen-bond donors (Lipinski definition) is 1. The fourth-order valence-electron chi connectivity index (χ4n) is 3.81. The second kappa shape index (κ2) is 16.4. The van der Waals surface area contributed by atoms with Crippen LogP contribution in [0.15, 0.2) is 12.1 Å². The number of rotatable bonds is 17. The normalized spacial score (nSPS) is 12.7. The number of benzene rings is 1. The van der Waals surface area contributed by atoms with Gasteiger partial charge in [0, 0.05) is 17.1 Å². The van der Waals surface area contributed by atoms with Crippen molar-refractivity contribution in [3.8, 4) is 0 Å². The Hall–Kier alpha value is -0.280. The molecule has 0 unspecified atom stereocenters. The van der Waals surface area contributed by atoms with Gasteiger partial charge >= 0.3 is 0 Å². The van der Waals surface area contributed by atoms with E-state index >= 15 is 0 Å². The van der Waals surface area contributed by atoms with E-state index in [2.05, 4.69) is 18.7 Å². The van der Waals surface area contributed by atoms with Crippen LogP contribution < -0.4 is 0 Å². The molecular weight excluding hydrogens is 401 g/mol. The molecule has 0 radical (unpaired) electrons. The van der Waals surface area contributed by atoms with E-state index in [0.717, 1.165) is 24.2 Å². The van der Waals surface area contributed by atoms with E-state index in [1.165, 1.54) is 77.0 Å². The quantitative estimate of drug-likeness (QED) is 0.244. The SMILES string of the molecule is CCCCCCCCN(CCCCCCCC)C[C@H](O)c1ccc(Cl)c(C)c1Cl. The molecule has 0 amide bonds. The van der Waals surface area contributed by atoms with Crippen molar-refractivity contribution < 1.29 is 5.11 Å². The minimum atomic E-state index is -0.571. The molecule has 1 N–H and O–H groups in total. The molecule has 0 bridgehead atoms. The maximum Gasteiger partial charge on any atom is 0.0931 e. The van der Waals surface area contributed by atoms with Crippen LogP contribution in [0.2, 0.25) is 10.0 Å². The van der Waals surface area contributed by atoms with Crippen molar-refractivity contribution in [2.75, 3.05) is 19.6 Å². The zero-order valence-corrected chi connectivity index (χ0v) is 20.5. The summed E-state index contributed by atoms with van der Waals surface area (Å²) in [5, 5.41) is 12.1. The molecule has 4 heteroatoms. The molecule has 0 heterocycles. The Morgan fingerprint density at radius 2 is 1.28 bits per heavy atom. The first-order valence-electron chi connectivity index (χ1n) is 11.9. The predicted octanol–water partition coefficient (Wildman–Crippen LogP) is 8.36. The first kappa shape index (κ1) is 26.8. The third-order valence-corrected chi connectivity index (χ3v) is 6.71. The molecule has 0 saturated carbocycles. The predicted molar refractivity (Wildman–Crippen MR) is 129 cm³/mol. The smallest absolute Gasteiger partial charge is 0.0931 e. The van der Waals surface area contributed by atoms with E-state index in [4.69, 9.17) is 23.2 Å². The largest absolute Gasteiger partial charge is 0.387 e. The lowest BCUT2D eigenvalue weighted by atomic mass is 10.0. The average Bonchev–Trinajstić information content (AvgIpc) is 2.71. The van der Waals surface area contributed by atoms with Gasteiger partial charge in [0.05, 0.1) is 11.1 Å². The monoisotopic (exact) mass is 443 g/mol. The molecular formula is C25H43Cl2NO. The zero-order chi connectivity index (χ0) is 21.5. The minimum absolute atomic E-state index is 0.571. The molecule has 0 aliphatic carbocycles. The van der Waals surface area contributed by atoms with Crippen LogP contribution in [-0.4, -0.2) is 29.6 Å².